The van der Waals surface area contributed by atoms with Crippen LogP contribution in [0.15, 0.2) is 0 Å². The van der Waals surface area contributed by atoms with Crippen LogP contribution in [-0.4, -0.2) is 40.1 Å². The van der Waals surface area contributed by atoms with Crippen LogP contribution in [-0.2, 0) is 14.3 Å². The van der Waals surface area contributed by atoms with Crippen LogP contribution in [0.1, 0.15) is 65.7 Å². The van der Waals surface area contributed by atoms with Crippen LogP contribution < -0.4 is 0 Å². The van der Waals surface area contributed by atoms with E-state index in [4.69, 9.17) is 4.74 Å². The van der Waals surface area contributed by atoms with E-state index in [0.717, 1.165) is 32.1 Å². The van der Waals surface area contributed by atoms with Gasteiger partial charge in [0.1, 0.15) is 12.8 Å². The fourth-order valence-electron chi connectivity index (χ4n) is 9.01. The lowest BCUT2D eigenvalue weighted by molar-refractivity contribution is -0.156. The molecule has 4 nitrogen and oxygen atoms in total. The summed E-state index contributed by atoms with van der Waals surface area (Å²) in [5.41, 5.74) is -0.275. The molecule has 168 valence electrons. The van der Waals surface area contributed by atoms with Gasteiger partial charge < -0.3 is 9.84 Å². The number of aliphatic hydroxyl groups is 1. The van der Waals surface area contributed by atoms with Crippen molar-refractivity contribution in [2.24, 2.45) is 46.3 Å². The minimum Gasteiger partial charge on any atom is -0.458 e. The topological polar surface area (TPSA) is 63.6 Å². The van der Waals surface area contributed by atoms with E-state index in [9.17, 15) is 14.7 Å². The Labute approximate surface area is 186 Å². The summed E-state index contributed by atoms with van der Waals surface area (Å²) in [5.74, 6) is 1.61. The number of carbonyl (C=O) groups is 2. The average molecular weight is 485 g/mol. The number of rotatable bonds is 3. The number of esters is 1. The van der Waals surface area contributed by atoms with Crippen molar-refractivity contribution in [2.45, 2.75) is 82.3 Å². The lowest BCUT2D eigenvalue weighted by Crippen LogP contribution is -2.65. The molecule has 5 saturated carbocycles. The third kappa shape index (κ3) is 2.71. The molecule has 0 aromatic heterocycles. The van der Waals surface area contributed by atoms with Crippen molar-refractivity contribution in [1.82, 2.24) is 0 Å². The highest BCUT2D eigenvalue weighted by Gasteiger charge is 2.74. The molecule has 0 heterocycles. The van der Waals surface area contributed by atoms with Crippen LogP contribution in [0, 0.1) is 46.3 Å². The Balaban J connectivity index is 1.45. The molecular formula is C24H34BrFO4. The maximum atomic E-state index is 15.8. The molecule has 1 N–H and O–H groups in total. The van der Waals surface area contributed by atoms with Crippen molar-refractivity contribution in [3.05, 3.63) is 0 Å². The maximum absolute atomic E-state index is 15.8. The van der Waals surface area contributed by atoms with Crippen molar-refractivity contribution < 1.29 is 23.8 Å². The Morgan fingerprint density at radius 2 is 1.87 bits per heavy atom. The first-order valence-electron chi connectivity index (χ1n) is 11.7. The van der Waals surface area contributed by atoms with Crippen LogP contribution in [0.4, 0.5) is 4.39 Å². The van der Waals surface area contributed by atoms with Crippen LogP contribution in [0.2, 0.25) is 0 Å². The second kappa shape index (κ2) is 6.76. The summed E-state index contributed by atoms with van der Waals surface area (Å²) in [5, 5.41) is 10.3. The summed E-state index contributed by atoms with van der Waals surface area (Å²) in [6, 6.07) is 0. The first-order valence-corrected chi connectivity index (χ1v) is 12.5. The lowest BCUT2D eigenvalue weighted by atomic mass is 9.43. The van der Waals surface area contributed by atoms with Crippen molar-refractivity contribution in [2.75, 3.05) is 6.61 Å². The monoisotopic (exact) mass is 484 g/mol. The molecule has 11 atom stereocenters. The molecule has 6 heteroatoms. The molecule has 0 radical (unpaired) electrons. The van der Waals surface area contributed by atoms with Gasteiger partial charge in [-0.25, -0.2) is 4.39 Å². The van der Waals surface area contributed by atoms with Gasteiger partial charge in [-0.1, -0.05) is 29.8 Å². The minimum absolute atomic E-state index is 0.0532. The molecule has 0 aromatic rings. The third-order valence-electron chi connectivity index (χ3n) is 10.3. The van der Waals surface area contributed by atoms with E-state index in [0.29, 0.717) is 42.4 Å². The number of alkyl halides is 2. The van der Waals surface area contributed by atoms with E-state index in [1.165, 1.54) is 6.92 Å². The second-order valence-electron chi connectivity index (χ2n) is 11.5. The molecule has 5 aliphatic carbocycles. The number of ether oxygens (including phenoxy) is 1. The van der Waals surface area contributed by atoms with Gasteiger partial charge >= 0.3 is 5.97 Å². The smallest absolute Gasteiger partial charge is 0.303 e. The number of fused-ring (bicyclic) bond motifs is 7. The number of carbonyl (C=O) groups excluding carboxylic acids is 2. The van der Waals surface area contributed by atoms with Gasteiger partial charge in [-0.2, -0.15) is 0 Å². The molecule has 0 amide bonds. The largest absolute Gasteiger partial charge is 0.458 e. The Morgan fingerprint density at radius 1 is 1.13 bits per heavy atom. The van der Waals surface area contributed by atoms with E-state index in [1.54, 1.807) is 0 Å². The van der Waals surface area contributed by atoms with Crippen molar-refractivity contribution in [1.29, 1.82) is 0 Å². The molecule has 5 aliphatic rings. The van der Waals surface area contributed by atoms with E-state index in [-0.39, 0.29) is 29.1 Å². The number of ketones is 1. The lowest BCUT2D eigenvalue weighted by Gasteiger charge is -2.65. The zero-order chi connectivity index (χ0) is 21.6. The Kier molecular flexibility index (Phi) is 4.81. The van der Waals surface area contributed by atoms with Gasteiger partial charge in [0.15, 0.2) is 5.78 Å². The van der Waals surface area contributed by atoms with Crippen molar-refractivity contribution >= 4 is 27.7 Å². The Hall–Kier alpha value is -0.490. The normalized spacial score (nSPS) is 56.2. The predicted octanol–water partition coefficient (Wildman–Crippen LogP) is 4.46. The second-order valence-corrected chi connectivity index (χ2v) is 12.9. The van der Waals surface area contributed by atoms with Crippen LogP contribution >= 0.6 is 15.9 Å². The number of Topliss-reactive ketones (excluding diaryl/α,β-unsaturated/α-hetero) is 1. The van der Waals surface area contributed by atoms with E-state index in [1.807, 2.05) is 0 Å². The molecule has 0 spiro atoms. The van der Waals surface area contributed by atoms with E-state index < -0.39 is 22.6 Å². The summed E-state index contributed by atoms with van der Waals surface area (Å²) in [4.78, 5) is 24.3. The molecule has 5 rings (SSSR count). The fraction of sp³-hybridized carbons (Fsp3) is 0.917. The number of hydrogen-bond acceptors (Lipinski definition) is 4. The standard InChI is InChI=1S/C24H34BrFO4/c1-12(27)30-11-18(29)21-15-8-14(15)20-16-9-19(26)24(25)10-13(28)4-7-23(24,3)17(16)5-6-22(20,21)2/h13-17,19-21,28H,4-11H2,1-3H3/t13-,14-,15+,16+,17-,19+,20-,21+,22-,23+,24-/m0/s1. The molecule has 0 aliphatic heterocycles. The minimum atomic E-state index is -0.978. The van der Waals surface area contributed by atoms with Crippen LogP contribution in [0.5, 0.6) is 0 Å². The Bertz CT molecular complexity index is 774. The summed E-state index contributed by atoms with van der Waals surface area (Å²) < 4.78 is 20.2. The van der Waals surface area contributed by atoms with Crippen LogP contribution in [0.25, 0.3) is 0 Å². The highest BCUT2D eigenvalue weighted by Crippen LogP contribution is 2.77. The summed E-state index contributed by atoms with van der Waals surface area (Å²) >= 11 is 3.84. The Morgan fingerprint density at radius 3 is 2.57 bits per heavy atom. The van der Waals surface area contributed by atoms with Gasteiger partial charge in [0.25, 0.3) is 0 Å². The van der Waals surface area contributed by atoms with Gasteiger partial charge in [-0.05, 0) is 85.4 Å². The predicted molar refractivity (Wildman–Crippen MR) is 114 cm³/mol. The zero-order valence-corrected chi connectivity index (χ0v) is 19.8. The summed E-state index contributed by atoms with van der Waals surface area (Å²) in [6.45, 7) is 5.73. The molecular weight excluding hydrogens is 451 g/mol. The van der Waals surface area contributed by atoms with E-state index >= 15 is 4.39 Å². The van der Waals surface area contributed by atoms with Gasteiger partial charge in [0.2, 0.25) is 0 Å². The van der Waals surface area contributed by atoms with Crippen LogP contribution in [0.3, 0.4) is 0 Å². The molecule has 5 fully saturated rings. The molecule has 0 saturated heterocycles. The van der Waals surface area contributed by atoms with Crippen molar-refractivity contribution in [3.8, 4) is 0 Å². The first kappa shape index (κ1) is 21.4. The highest BCUT2D eigenvalue weighted by molar-refractivity contribution is 9.10. The van der Waals surface area contributed by atoms with Gasteiger partial charge in [0.05, 0.1) is 10.4 Å². The number of hydrogen-bond donors (Lipinski definition) is 1. The number of halogens is 2. The SMILES string of the molecule is CC(=O)OCC(=O)[C@H]1[C@@H]2C[C@@H]2[C@H]2[C@@H]3C[C@@H](F)[C@@]4(Br)C[C@@H](O)CC[C@]4(C)[C@H]3CC[C@@]21C. The van der Waals surface area contributed by atoms with Gasteiger partial charge in [-0.15, -0.1) is 0 Å². The maximum Gasteiger partial charge on any atom is 0.303 e. The van der Waals surface area contributed by atoms with Crippen molar-refractivity contribution in [3.63, 3.8) is 0 Å². The molecule has 0 unspecified atom stereocenters. The molecule has 0 bridgehead atoms. The quantitative estimate of drug-likeness (QED) is 0.474. The fourth-order valence-corrected chi connectivity index (χ4v) is 10.1. The van der Waals surface area contributed by atoms with Gasteiger partial charge in [0, 0.05) is 12.8 Å². The zero-order valence-electron chi connectivity index (χ0n) is 18.2. The first-order chi connectivity index (χ1) is 14.0. The third-order valence-corrected chi connectivity index (χ3v) is 12.0. The van der Waals surface area contributed by atoms with E-state index in [2.05, 4.69) is 29.8 Å². The summed E-state index contributed by atoms with van der Waals surface area (Å²) in [7, 11) is 0. The molecule has 0 aromatic carbocycles. The highest BCUT2D eigenvalue weighted by atomic mass is 79.9. The van der Waals surface area contributed by atoms with Gasteiger partial charge in [-0.3, -0.25) is 9.59 Å². The summed E-state index contributed by atoms with van der Waals surface area (Å²) in [6.07, 6.45) is 4.29. The average Bonchev–Trinajstić information content (AvgIpc) is 3.36. The molecule has 30 heavy (non-hydrogen) atoms. The number of aliphatic hydroxyl groups excluding tert-OH is 1.